The molecule has 1 nitrogen and oxygen atoms in total. The molecule has 0 heterocycles. The van der Waals surface area contributed by atoms with Gasteiger partial charge >= 0.3 is 6.68 Å². The van der Waals surface area contributed by atoms with E-state index in [4.69, 9.17) is 0 Å². The third-order valence-corrected chi connectivity index (χ3v) is 3.00. The van der Waals surface area contributed by atoms with Crippen molar-refractivity contribution in [1.82, 2.24) is 0 Å². The van der Waals surface area contributed by atoms with Crippen LogP contribution in [0.15, 0.2) is 0 Å². The van der Waals surface area contributed by atoms with Crippen LogP contribution in [-0.2, 0) is 16.6 Å². The predicted octanol–water partition coefficient (Wildman–Crippen LogP) is 2.12. The van der Waals surface area contributed by atoms with Crippen molar-refractivity contribution in [2.45, 2.75) is 37.6 Å². The number of carbonyl (C=O) groups is 1. The second kappa shape index (κ2) is 7.24. The summed E-state index contributed by atoms with van der Waals surface area (Å²) in [6.07, 6.45) is 6.44. The van der Waals surface area contributed by atoms with E-state index in [1.165, 1.54) is 18.2 Å². The molecule has 1 aliphatic rings. The Labute approximate surface area is 80.1 Å². The lowest BCUT2D eigenvalue weighted by Gasteiger charge is -2.12. The van der Waals surface area contributed by atoms with Crippen molar-refractivity contribution in [2.75, 3.05) is 6.26 Å². The minimum absolute atomic E-state index is 0.388. The molecule has 78 valence electrons. The number of ketones is 1. The van der Waals surface area contributed by atoms with E-state index in [-0.39, 0.29) is 0 Å². The summed E-state index contributed by atoms with van der Waals surface area (Å²) >= 11 is 1.27. The first-order chi connectivity index (χ1) is 6.07. The average molecular weight is 215 g/mol. The lowest BCUT2D eigenvalue weighted by Crippen LogP contribution is -2.25. The number of hydrogen-bond donors (Lipinski definition) is 0. The van der Waals surface area contributed by atoms with Gasteiger partial charge in [-0.2, -0.15) is 13.2 Å². The Morgan fingerprint density at radius 1 is 1.38 bits per heavy atom. The number of Topliss-reactive ketones (excluding diaryl/α,β-unsaturated/α-hetero) is 1. The Balaban J connectivity index is 0.000000310. The van der Waals surface area contributed by atoms with Crippen molar-refractivity contribution >= 4 is 17.5 Å². The molecule has 0 saturated heterocycles. The summed E-state index contributed by atoms with van der Waals surface area (Å²) in [4.78, 5) is 11.0. The second-order valence-corrected chi connectivity index (χ2v) is 3.87. The first-order valence-corrected chi connectivity index (χ1v) is 5.53. The van der Waals surface area contributed by atoms with Gasteiger partial charge in [-0.25, -0.2) is 0 Å². The summed E-state index contributed by atoms with van der Waals surface area (Å²) in [6, 6.07) is 0. The fourth-order valence-corrected chi connectivity index (χ4v) is 2.10. The van der Waals surface area contributed by atoms with Gasteiger partial charge in [0.15, 0.2) is 11.0 Å². The van der Waals surface area contributed by atoms with Gasteiger partial charge in [-0.1, -0.05) is 0 Å². The van der Waals surface area contributed by atoms with Crippen LogP contribution in [0.4, 0.5) is 13.2 Å². The highest BCUT2D eigenvalue weighted by molar-refractivity contribution is 7.79. The van der Waals surface area contributed by atoms with Crippen LogP contribution in [-0.4, -0.2) is 24.0 Å². The zero-order valence-electron chi connectivity index (χ0n) is 7.47. The Morgan fingerprint density at radius 2 is 1.92 bits per heavy atom. The molecule has 0 radical (unpaired) electrons. The van der Waals surface area contributed by atoms with Crippen LogP contribution in [0.2, 0.25) is 0 Å². The van der Waals surface area contributed by atoms with Crippen LogP contribution < -0.4 is 0 Å². The van der Waals surface area contributed by atoms with E-state index in [1.807, 2.05) is 0 Å². The average Bonchev–Trinajstić information content (AvgIpc) is 2.04. The molecule has 1 saturated carbocycles. The van der Waals surface area contributed by atoms with Crippen molar-refractivity contribution in [1.29, 1.82) is 0 Å². The lowest BCUT2D eigenvalue weighted by molar-refractivity contribution is -0.119. The van der Waals surface area contributed by atoms with Gasteiger partial charge in [-0.15, -0.1) is 0 Å². The molecular formula is C8H14F3OS+. The maximum atomic E-state index is 11.0. The summed E-state index contributed by atoms with van der Waals surface area (Å²) < 4.78 is 29.0. The van der Waals surface area contributed by atoms with E-state index in [0.717, 1.165) is 19.3 Å². The highest BCUT2D eigenvalue weighted by atomic mass is 32.2. The summed E-state index contributed by atoms with van der Waals surface area (Å²) in [6.45, 7) is -3.67. The maximum absolute atomic E-state index is 11.0. The third kappa shape index (κ3) is 6.93. The Kier molecular flexibility index (Phi) is 7.13. The predicted molar refractivity (Wildman–Crippen MR) is 49.1 cm³/mol. The highest BCUT2D eigenvalue weighted by Gasteiger charge is 2.25. The number of thiol groups is 1. The molecule has 0 spiro atoms. The number of rotatable bonds is 1. The summed E-state index contributed by atoms with van der Waals surface area (Å²) in [5.41, 5.74) is 0. The summed E-state index contributed by atoms with van der Waals surface area (Å²) in [7, 11) is 0. The molecule has 1 fully saturated rings. The van der Waals surface area contributed by atoms with Crippen LogP contribution in [0.5, 0.6) is 0 Å². The molecule has 1 atom stereocenters. The first-order valence-electron chi connectivity index (χ1n) is 4.11. The molecular weight excluding hydrogens is 201 g/mol. The van der Waals surface area contributed by atoms with E-state index in [0.29, 0.717) is 11.0 Å². The van der Waals surface area contributed by atoms with Gasteiger partial charge in [0.05, 0.1) is 6.26 Å². The molecule has 1 unspecified atom stereocenters. The van der Waals surface area contributed by atoms with Crippen LogP contribution in [0, 0.1) is 0 Å². The van der Waals surface area contributed by atoms with Crippen molar-refractivity contribution in [2.24, 2.45) is 0 Å². The number of alkyl halides is 3. The number of hydrogen-bond acceptors (Lipinski definition) is 1. The van der Waals surface area contributed by atoms with Gasteiger partial charge in [-0.3, -0.25) is 4.79 Å². The monoisotopic (exact) mass is 215 g/mol. The minimum Gasteiger partial charge on any atom is -0.294 e. The maximum Gasteiger partial charge on any atom is 0.379 e. The van der Waals surface area contributed by atoms with E-state index in [2.05, 4.69) is 6.26 Å². The molecule has 1 rings (SSSR count). The van der Waals surface area contributed by atoms with E-state index in [9.17, 15) is 18.0 Å². The van der Waals surface area contributed by atoms with E-state index in [1.54, 1.807) is 0 Å². The summed E-state index contributed by atoms with van der Waals surface area (Å²) in [5, 5.41) is 0.388. The standard InChI is InChI=1S/C7H12OS.CHF3/c1-9-7-5-3-2-4-6(7)8;2-1(3)4/h7H,2-5H2,1H3;1H/p+1. The largest absolute Gasteiger partial charge is 0.379 e. The van der Waals surface area contributed by atoms with Crippen LogP contribution in [0.25, 0.3) is 0 Å². The molecule has 0 bridgehead atoms. The quantitative estimate of drug-likeness (QED) is 0.483. The molecule has 0 aromatic rings. The highest BCUT2D eigenvalue weighted by Crippen LogP contribution is 2.16. The summed E-state index contributed by atoms with van der Waals surface area (Å²) in [5.74, 6) is 0.491. The SMILES string of the molecule is C[SH+]C1CCCCC1=O.FC(F)F. The van der Waals surface area contributed by atoms with E-state index >= 15 is 0 Å². The molecule has 1 aliphatic carbocycles. The van der Waals surface area contributed by atoms with Crippen LogP contribution >= 0.6 is 0 Å². The van der Waals surface area contributed by atoms with Crippen molar-refractivity contribution in [3.8, 4) is 0 Å². The normalized spacial score (nSPS) is 22.5. The zero-order chi connectivity index (χ0) is 10.3. The lowest BCUT2D eigenvalue weighted by atomic mass is 9.99. The van der Waals surface area contributed by atoms with Gasteiger partial charge in [0.25, 0.3) is 0 Å². The molecule has 5 heteroatoms. The fourth-order valence-electron chi connectivity index (χ4n) is 1.24. The van der Waals surface area contributed by atoms with Crippen molar-refractivity contribution in [3.05, 3.63) is 0 Å². The van der Waals surface area contributed by atoms with Gasteiger partial charge in [0.1, 0.15) is 0 Å². The second-order valence-electron chi connectivity index (χ2n) is 2.73. The fraction of sp³-hybridized carbons (Fsp3) is 0.875. The zero-order valence-corrected chi connectivity index (χ0v) is 8.37. The minimum atomic E-state index is -3.67. The molecule has 13 heavy (non-hydrogen) atoms. The topological polar surface area (TPSA) is 17.1 Å². The Morgan fingerprint density at radius 3 is 2.23 bits per heavy atom. The first kappa shape index (κ1) is 12.8. The van der Waals surface area contributed by atoms with Gasteiger partial charge in [0, 0.05) is 12.8 Å². The van der Waals surface area contributed by atoms with Gasteiger partial charge in [-0.05, 0) is 24.6 Å². The molecule has 0 aliphatic heterocycles. The smallest absolute Gasteiger partial charge is 0.294 e. The molecule has 0 aromatic heterocycles. The Hall–Kier alpha value is -0.190. The molecule has 0 aromatic carbocycles. The van der Waals surface area contributed by atoms with Crippen LogP contribution in [0.3, 0.4) is 0 Å². The van der Waals surface area contributed by atoms with Crippen LogP contribution in [0.1, 0.15) is 25.7 Å². The number of carbonyl (C=O) groups excluding carboxylic acids is 1. The number of halogens is 3. The van der Waals surface area contributed by atoms with E-state index < -0.39 is 6.68 Å². The Bertz CT molecular complexity index is 150. The van der Waals surface area contributed by atoms with Gasteiger partial charge in [0.2, 0.25) is 0 Å². The van der Waals surface area contributed by atoms with Gasteiger partial charge < -0.3 is 0 Å². The third-order valence-electron chi connectivity index (χ3n) is 1.83. The molecule has 0 amide bonds. The van der Waals surface area contributed by atoms with Crippen molar-refractivity contribution < 1.29 is 18.0 Å². The molecule has 0 N–H and O–H groups in total. The van der Waals surface area contributed by atoms with Crippen molar-refractivity contribution in [3.63, 3.8) is 0 Å².